The molecule has 3 aromatic rings. The Bertz CT molecular complexity index is 764. The van der Waals surface area contributed by atoms with E-state index in [0.29, 0.717) is 12.3 Å². The third-order valence-electron chi connectivity index (χ3n) is 3.26. The average molecular weight is 289 g/mol. The SMILES string of the molecule is Cc1ccc2c(c1)nc(CCCl)n2-c1cccc(F)c1. The molecule has 0 bridgehead atoms. The molecule has 2 nitrogen and oxygen atoms in total. The first-order valence-corrected chi connectivity index (χ1v) is 7.02. The predicted octanol–water partition coefficient (Wildman–Crippen LogP) is 4.25. The summed E-state index contributed by atoms with van der Waals surface area (Å²) in [5.41, 5.74) is 3.81. The Labute approximate surface area is 121 Å². The maximum Gasteiger partial charge on any atom is 0.125 e. The lowest BCUT2D eigenvalue weighted by Crippen LogP contribution is -2.02. The molecule has 0 spiro atoms. The molecule has 3 rings (SSSR count). The van der Waals surface area contributed by atoms with Crippen LogP contribution in [0.4, 0.5) is 4.39 Å². The van der Waals surface area contributed by atoms with Gasteiger partial charge in [0.15, 0.2) is 0 Å². The van der Waals surface area contributed by atoms with Gasteiger partial charge in [-0.3, -0.25) is 4.57 Å². The monoisotopic (exact) mass is 288 g/mol. The Balaban J connectivity index is 2.28. The number of hydrogen-bond donors (Lipinski definition) is 0. The first-order valence-electron chi connectivity index (χ1n) is 6.49. The molecule has 4 heteroatoms. The average Bonchev–Trinajstić information content (AvgIpc) is 2.76. The number of aromatic nitrogens is 2. The van der Waals surface area contributed by atoms with Gasteiger partial charge in [-0.15, -0.1) is 11.6 Å². The summed E-state index contributed by atoms with van der Waals surface area (Å²) >= 11 is 5.86. The minimum absolute atomic E-state index is 0.256. The van der Waals surface area contributed by atoms with Crippen LogP contribution in [0.1, 0.15) is 11.4 Å². The smallest absolute Gasteiger partial charge is 0.125 e. The van der Waals surface area contributed by atoms with Crippen molar-refractivity contribution in [2.24, 2.45) is 0 Å². The van der Waals surface area contributed by atoms with Crippen molar-refractivity contribution in [3.05, 3.63) is 59.7 Å². The van der Waals surface area contributed by atoms with E-state index in [1.165, 1.54) is 12.1 Å². The number of fused-ring (bicyclic) bond motifs is 1. The number of aryl methyl sites for hydroxylation is 2. The lowest BCUT2D eigenvalue weighted by atomic mass is 10.2. The molecule has 0 aliphatic heterocycles. The second-order valence-electron chi connectivity index (χ2n) is 4.77. The largest absolute Gasteiger partial charge is 0.296 e. The lowest BCUT2D eigenvalue weighted by molar-refractivity contribution is 0.626. The van der Waals surface area contributed by atoms with Crippen LogP contribution < -0.4 is 0 Å². The molecule has 2 aromatic carbocycles. The molecule has 1 heterocycles. The van der Waals surface area contributed by atoms with Crippen molar-refractivity contribution in [2.45, 2.75) is 13.3 Å². The van der Waals surface area contributed by atoms with Crippen molar-refractivity contribution < 1.29 is 4.39 Å². The van der Waals surface area contributed by atoms with Gasteiger partial charge in [0, 0.05) is 12.3 Å². The minimum atomic E-state index is -0.256. The van der Waals surface area contributed by atoms with E-state index >= 15 is 0 Å². The van der Waals surface area contributed by atoms with Crippen molar-refractivity contribution in [3.8, 4) is 5.69 Å². The van der Waals surface area contributed by atoms with Gasteiger partial charge >= 0.3 is 0 Å². The van der Waals surface area contributed by atoms with Gasteiger partial charge in [-0.1, -0.05) is 12.1 Å². The van der Waals surface area contributed by atoms with E-state index in [1.807, 2.05) is 35.8 Å². The molecule has 0 fully saturated rings. The molecular weight excluding hydrogens is 275 g/mol. The van der Waals surface area contributed by atoms with Crippen LogP contribution in [0.3, 0.4) is 0 Å². The van der Waals surface area contributed by atoms with E-state index in [-0.39, 0.29) is 5.82 Å². The molecular formula is C16H14ClFN2. The summed E-state index contributed by atoms with van der Waals surface area (Å²) in [6.45, 7) is 2.03. The summed E-state index contributed by atoms with van der Waals surface area (Å²) in [5, 5.41) is 0. The van der Waals surface area contributed by atoms with E-state index in [1.54, 1.807) is 6.07 Å². The standard InChI is InChI=1S/C16H14ClFN2/c1-11-5-6-15-14(9-11)19-16(7-8-17)20(15)13-4-2-3-12(18)10-13/h2-6,9-10H,7-8H2,1H3. The molecule has 102 valence electrons. The maximum atomic E-state index is 13.5. The molecule has 0 atom stereocenters. The quantitative estimate of drug-likeness (QED) is 0.659. The summed E-state index contributed by atoms with van der Waals surface area (Å²) in [4.78, 5) is 4.63. The van der Waals surface area contributed by atoms with Crippen LogP contribution in [0.25, 0.3) is 16.7 Å². The van der Waals surface area contributed by atoms with E-state index in [2.05, 4.69) is 4.98 Å². The van der Waals surface area contributed by atoms with E-state index in [4.69, 9.17) is 11.6 Å². The molecule has 0 aliphatic carbocycles. The molecule has 1 aromatic heterocycles. The number of rotatable bonds is 3. The summed E-state index contributed by atoms with van der Waals surface area (Å²) in [5.74, 6) is 1.08. The summed E-state index contributed by atoms with van der Waals surface area (Å²) in [6.07, 6.45) is 0.645. The fourth-order valence-electron chi connectivity index (χ4n) is 2.40. The molecule has 0 saturated heterocycles. The number of hydrogen-bond acceptors (Lipinski definition) is 1. The first kappa shape index (κ1) is 13.1. The second-order valence-corrected chi connectivity index (χ2v) is 5.15. The third-order valence-corrected chi connectivity index (χ3v) is 3.45. The molecule has 0 unspecified atom stereocenters. The van der Waals surface area contributed by atoms with E-state index in [0.717, 1.165) is 28.1 Å². The second kappa shape index (κ2) is 5.25. The Morgan fingerprint density at radius 2 is 2.05 bits per heavy atom. The topological polar surface area (TPSA) is 17.8 Å². The molecule has 0 N–H and O–H groups in total. The maximum absolute atomic E-state index is 13.5. The molecule has 20 heavy (non-hydrogen) atoms. The van der Waals surface area contributed by atoms with Gasteiger partial charge in [0.25, 0.3) is 0 Å². The zero-order chi connectivity index (χ0) is 14.1. The van der Waals surface area contributed by atoms with Gasteiger partial charge in [0.1, 0.15) is 11.6 Å². The van der Waals surface area contributed by atoms with Gasteiger partial charge in [-0.2, -0.15) is 0 Å². The van der Waals surface area contributed by atoms with Crippen LogP contribution in [-0.4, -0.2) is 15.4 Å². The van der Waals surface area contributed by atoms with Crippen molar-refractivity contribution in [1.29, 1.82) is 0 Å². The number of alkyl halides is 1. The van der Waals surface area contributed by atoms with Crippen LogP contribution in [-0.2, 0) is 6.42 Å². The van der Waals surface area contributed by atoms with Gasteiger partial charge in [-0.05, 0) is 42.8 Å². The highest BCUT2D eigenvalue weighted by molar-refractivity contribution is 6.17. The number of nitrogens with zero attached hydrogens (tertiary/aromatic N) is 2. The Morgan fingerprint density at radius 3 is 2.80 bits per heavy atom. The number of imidazole rings is 1. The fourth-order valence-corrected chi connectivity index (χ4v) is 2.56. The first-order chi connectivity index (χ1) is 9.69. The molecule has 0 radical (unpaired) electrons. The molecule has 0 aliphatic rings. The molecule has 0 saturated carbocycles. The van der Waals surface area contributed by atoms with Crippen LogP contribution in [0.5, 0.6) is 0 Å². The van der Waals surface area contributed by atoms with Gasteiger partial charge in [0.2, 0.25) is 0 Å². The van der Waals surface area contributed by atoms with Gasteiger partial charge in [0.05, 0.1) is 16.7 Å². The molecule has 0 amide bonds. The zero-order valence-corrected chi connectivity index (χ0v) is 11.9. The van der Waals surface area contributed by atoms with Crippen LogP contribution >= 0.6 is 11.6 Å². The van der Waals surface area contributed by atoms with Gasteiger partial charge in [-0.25, -0.2) is 9.37 Å². The van der Waals surface area contributed by atoms with Crippen LogP contribution in [0.15, 0.2) is 42.5 Å². The fraction of sp³-hybridized carbons (Fsp3) is 0.188. The van der Waals surface area contributed by atoms with E-state index in [9.17, 15) is 4.39 Å². The van der Waals surface area contributed by atoms with Crippen LogP contribution in [0, 0.1) is 12.7 Å². The normalized spacial score (nSPS) is 11.2. The number of halogens is 2. The summed E-state index contributed by atoms with van der Waals surface area (Å²) in [6, 6.07) is 12.6. The van der Waals surface area contributed by atoms with E-state index < -0.39 is 0 Å². The zero-order valence-electron chi connectivity index (χ0n) is 11.1. The Hall–Kier alpha value is -1.87. The third kappa shape index (κ3) is 2.29. The van der Waals surface area contributed by atoms with Crippen LogP contribution in [0.2, 0.25) is 0 Å². The highest BCUT2D eigenvalue weighted by Gasteiger charge is 2.12. The highest BCUT2D eigenvalue weighted by atomic mass is 35.5. The minimum Gasteiger partial charge on any atom is -0.296 e. The number of benzene rings is 2. The summed E-state index contributed by atoms with van der Waals surface area (Å²) in [7, 11) is 0. The van der Waals surface area contributed by atoms with Gasteiger partial charge < -0.3 is 0 Å². The lowest BCUT2D eigenvalue weighted by Gasteiger charge is -2.08. The van der Waals surface area contributed by atoms with Crippen molar-refractivity contribution in [2.75, 3.05) is 5.88 Å². The van der Waals surface area contributed by atoms with Crippen molar-refractivity contribution in [1.82, 2.24) is 9.55 Å². The highest BCUT2D eigenvalue weighted by Crippen LogP contribution is 2.23. The van der Waals surface area contributed by atoms with Crippen molar-refractivity contribution in [3.63, 3.8) is 0 Å². The predicted molar refractivity (Wildman–Crippen MR) is 80.2 cm³/mol. The Morgan fingerprint density at radius 1 is 1.20 bits per heavy atom. The summed E-state index contributed by atoms with van der Waals surface area (Å²) < 4.78 is 15.5. The Kier molecular flexibility index (Phi) is 3.45. The van der Waals surface area contributed by atoms with Crippen molar-refractivity contribution >= 4 is 22.6 Å².